The fourth-order valence-electron chi connectivity index (χ4n) is 2.91. The number of anilines is 1. The quantitative estimate of drug-likeness (QED) is 0.610. The highest BCUT2D eigenvalue weighted by Gasteiger charge is 2.14. The topological polar surface area (TPSA) is 88.1 Å². The molecule has 4 aromatic rings. The van der Waals surface area contributed by atoms with Crippen molar-refractivity contribution in [3.8, 4) is 22.1 Å². The largest absolute Gasteiger partial charge is 0.454 e. The van der Waals surface area contributed by atoms with Gasteiger partial charge in [0.05, 0.1) is 17.4 Å². The van der Waals surface area contributed by atoms with Crippen molar-refractivity contribution in [1.82, 2.24) is 19.7 Å². The second kappa shape index (κ2) is 5.45. The molecule has 1 aliphatic rings. The number of imidazole rings is 1. The molecule has 5 rings (SSSR count). The molecule has 2 aromatic heterocycles. The Morgan fingerprint density at radius 3 is 2.88 bits per heavy atom. The van der Waals surface area contributed by atoms with E-state index >= 15 is 0 Å². The summed E-state index contributed by atoms with van der Waals surface area (Å²) in [6.45, 7) is 0.990. The van der Waals surface area contributed by atoms with Gasteiger partial charge in [0.15, 0.2) is 11.5 Å². The molecule has 0 unspecified atom stereocenters. The van der Waals surface area contributed by atoms with Gasteiger partial charge in [-0.2, -0.15) is 0 Å². The lowest BCUT2D eigenvalue weighted by molar-refractivity contribution is 0.174. The summed E-state index contributed by atoms with van der Waals surface area (Å²) in [7, 11) is 0. The molecule has 3 heterocycles. The van der Waals surface area contributed by atoms with Crippen molar-refractivity contribution in [1.29, 1.82) is 0 Å². The van der Waals surface area contributed by atoms with E-state index in [1.807, 2.05) is 42.7 Å². The lowest BCUT2D eigenvalue weighted by atomic mass is 10.2. The van der Waals surface area contributed by atoms with Gasteiger partial charge in [-0.25, -0.2) is 4.98 Å². The number of nitrogens with two attached hydrogens (primary N) is 1. The van der Waals surface area contributed by atoms with Crippen LogP contribution in [0.2, 0.25) is 0 Å². The van der Waals surface area contributed by atoms with E-state index in [9.17, 15) is 0 Å². The number of aromatic nitrogens is 4. The Hall–Kier alpha value is -3.13. The van der Waals surface area contributed by atoms with Gasteiger partial charge in [0.25, 0.3) is 0 Å². The Bertz CT molecular complexity index is 1090. The maximum Gasteiger partial charge on any atom is 0.231 e. The molecule has 124 valence electrons. The Morgan fingerprint density at radius 1 is 1.08 bits per heavy atom. The fraction of sp³-hybridized carbons (Fsp3) is 0.118. The average Bonchev–Trinajstić information content (AvgIpc) is 3.34. The summed E-state index contributed by atoms with van der Waals surface area (Å²) in [4.78, 5) is 4.51. The van der Waals surface area contributed by atoms with Crippen molar-refractivity contribution in [3.63, 3.8) is 0 Å². The molecule has 0 spiro atoms. The molecular weight excluding hydrogens is 338 g/mol. The molecular formula is C17H13N5O2S. The van der Waals surface area contributed by atoms with E-state index in [1.54, 1.807) is 0 Å². The van der Waals surface area contributed by atoms with Crippen molar-refractivity contribution in [2.45, 2.75) is 6.54 Å². The van der Waals surface area contributed by atoms with Crippen LogP contribution in [0.15, 0.2) is 42.7 Å². The van der Waals surface area contributed by atoms with Crippen LogP contribution in [0.1, 0.15) is 5.56 Å². The number of hydrogen-bond donors (Lipinski definition) is 1. The Kier molecular flexibility index (Phi) is 3.10. The van der Waals surface area contributed by atoms with E-state index in [0.717, 1.165) is 38.7 Å². The molecule has 0 fully saturated rings. The van der Waals surface area contributed by atoms with Crippen LogP contribution in [0, 0.1) is 0 Å². The van der Waals surface area contributed by atoms with Crippen LogP contribution in [0.4, 0.5) is 5.13 Å². The number of ether oxygens (including phenoxy) is 2. The highest BCUT2D eigenvalue weighted by atomic mass is 32.1. The van der Waals surface area contributed by atoms with Crippen LogP contribution in [0.25, 0.3) is 21.6 Å². The van der Waals surface area contributed by atoms with E-state index < -0.39 is 0 Å². The Morgan fingerprint density at radius 2 is 2.00 bits per heavy atom. The number of rotatable bonds is 3. The monoisotopic (exact) mass is 351 g/mol. The maximum atomic E-state index is 5.66. The molecule has 1 aliphatic heterocycles. The predicted octanol–water partition coefficient (Wildman–Crippen LogP) is 2.91. The minimum absolute atomic E-state index is 0.283. The zero-order chi connectivity index (χ0) is 16.8. The van der Waals surface area contributed by atoms with Crippen LogP contribution < -0.4 is 15.2 Å². The number of nitrogen functional groups attached to an aromatic ring is 1. The van der Waals surface area contributed by atoms with Crippen LogP contribution in [-0.4, -0.2) is 26.5 Å². The molecule has 7 nitrogen and oxygen atoms in total. The summed E-state index contributed by atoms with van der Waals surface area (Å²) >= 11 is 1.37. The molecule has 0 saturated carbocycles. The van der Waals surface area contributed by atoms with Crippen LogP contribution in [0.3, 0.4) is 0 Å². The third-order valence-electron chi connectivity index (χ3n) is 4.10. The van der Waals surface area contributed by atoms with Crippen molar-refractivity contribution < 1.29 is 9.47 Å². The van der Waals surface area contributed by atoms with E-state index in [2.05, 4.69) is 19.7 Å². The van der Waals surface area contributed by atoms with Gasteiger partial charge in [0, 0.05) is 12.1 Å². The molecule has 0 radical (unpaired) electrons. The van der Waals surface area contributed by atoms with Crippen molar-refractivity contribution in [2.75, 3.05) is 12.5 Å². The third-order valence-corrected chi connectivity index (χ3v) is 4.90. The first-order valence-corrected chi connectivity index (χ1v) is 8.51. The smallest absolute Gasteiger partial charge is 0.231 e. The van der Waals surface area contributed by atoms with Gasteiger partial charge >= 0.3 is 0 Å². The molecule has 0 amide bonds. The summed E-state index contributed by atoms with van der Waals surface area (Å²) in [5.74, 6) is 1.58. The lowest BCUT2D eigenvalue weighted by Gasteiger charge is -2.06. The Balaban J connectivity index is 1.48. The van der Waals surface area contributed by atoms with Gasteiger partial charge < -0.3 is 19.8 Å². The molecule has 8 heteroatoms. The molecule has 2 aromatic carbocycles. The number of hydrogen-bond acceptors (Lipinski definition) is 7. The summed E-state index contributed by atoms with van der Waals surface area (Å²) < 4.78 is 12.9. The first-order chi connectivity index (χ1) is 12.3. The second-order valence-corrected chi connectivity index (χ2v) is 6.72. The normalized spacial score (nSPS) is 12.8. The predicted molar refractivity (Wildman–Crippen MR) is 94.7 cm³/mol. The highest BCUT2D eigenvalue weighted by Crippen LogP contribution is 2.33. The minimum Gasteiger partial charge on any atom is -0.454 e. The summed E-state index contributed by atoms with van der Waals surface area (Å²) in [5, 5.41) is 9.20. The van der Waals surface area contributed by atoms with E-state index in [-0.39, 0.29) is 6.79 Å². The first kappa shape index (κ1) is 14.2. The zero-order valence-electron chi connectivity index (χ0n) is 13.0. The highest BCUT2D eigenvalue weighted by molar-refractivity contribution is 7.18. The van der Waals surface area contributed by atoms with Crippen molar-refractivity contribution in [2.24, 2.45) is 0 Å². The summed E-state index contributed by atoms with van der Waals surface area (Å²) in [6.07, 6.45) is 1.84. The van der Waals surface area contributed by atoms with Gasteiger partial charge in [-0.05, 0) is 35.9 Å². The van der Waals surface area contributed by atoms with Crippen molar-refractivity contribution >= 4 is 27.5 Å². The van der Waals surface area contributed by atoms with Crippen LogP contribution >= 0.6 is 11.3 Å². The zero-order valence-corrected chi connectivity index (χ0v) is 13.9. The summed E-state index contributed by atoms with van der Waals surface area (Å²) in [6, 6.07) is 12.0. The van der Waals surface area contributed by atoms with Crippen molar-refractivity contribution in [3.05, 3.63) is 48.3 Å². The molecule has 0 aliphatic carbocycles. The Labute approximate surface area is 146 Å². The maximum absolute atomic E-state index is 5.66. The van der Waals surface area contributed by atoms with Gasteiger partial charge in [0.2, 0.25) is 11.9 Å². The van der Waals surface area contributed by atoms with Crippen LogP contribution in [0.5, 0.6) is 11.5 Å². The fourth-order valence-corrected chi connectivity index (χ4v) is 3.52. The minimum atomic E-state index is 0.283. The molecule has 2 N–H and O–H groups in total. The van der Waals surface area contributed by atoms with Gasteiger partial charge in [0.1, 0.15) is 5.01 Å². The lowest BCUT2D eigenvalue weighted by Crippen LogP contribution is -1.98. The summed E-state index contributed by atoms with van der Waals surface area (Å²) in [5.41, 5.74) is 9.72. The standard InChI is InChI=1S/C17H13N5O2S/c18-17-21-20-16(25-17)11-2-3-13-12(6-11)19-8-22(13)7-10-1-4-14-15(5-10)24-9-23-14/h1-6,8H,7,9H2,(H2,18,21). The molecule has 0 saturated heterocycles. The molecule has 0 atom stereocenters. The number of nitrogens with zero attached hydrogens (tertiary/aromatic N) is 4. The molecule has 25 heavy (non-hydrogen) atoms. The average molecular weight is 351 g/mol. The van der Waals surface area contributed by atoms with Gasteiger partial charge in [-0.1, -0.05) is 17.4 Å². The number of fused-ring (bicyclic) bond motifs is 2. The van der Waals surface area contributed by atoms with Gasteiger partial charge in [-0.3, -0.25) is 0 Å². The second-order valence-electron chi connectivity index (χ2n) is 5.71. The van der Waals surface area contributed by atoms with E-state index in [1.165, 1.54) is 11.3 Å². The third kappa shape index (κ3) is 2.47. The van der Waals surface area contributed by atoms with Crippen LogP contribution in [-0.2, 0) is 6.54 Å². The SMILES string of the molecule is Nc1nnc(-c2ccc3c(c2)ncn3Cc2ccc3c(c2)OCO3)s1. The first-order valence-electron chi connectivity index (χ1n) is 7.69. The molecule has 0 bridgehead atoms. The van der Waals surface area contributed by atoms with E-state index in [0.29, 0.717) is 11.7 Å². The van der Waals surface area contributed by atoms with E-state index in [4.69, 9.17) is 15.2 Å². The van der Waals surface area contributed by atoms with Gasteiger partial charge in [-0.15, -0.1) is 10.2 Å². The number of benzene rings is 2.